The molecule has 1 aromatic heterocycles. The summed E-state index contributed by atoms with van der Waals surface area (Å²) in [6, 6.07) is 8.14. The van der Waals surface area contributed by atoms with E-state index < -0.39 is 5.41 Å². The maximum absolute atomic E-state index is 8.99. The first-order valence-electron chi connectivity index (χ1n) is 4.86. The molecule has 0 aromatic carbocycles. The van der Waals surface area contributed by atoms with Crippen LogP contribution < -0.4 is 0 Å². The van der Waals surface area contributed by atoms with Crippen molar-refractivity contribution >= 4 is 0 Å². The second-order valence-electron chi connectivity index (χ2n) is 4.34. The normalized spacial score (nSPS) is 11.4. The van der Waals surface area contributed by atoms with Crippen LogP contribution in [0.4, 0.5) is 0 Å². The molecule has 0 aliphatic carbocycles. The molecule has 0 spiro atoms. The molecule has 0 N–H and O–H groups in total. The van der Waals surface area contributed by atoms with E-state index in [1.807, 2.05) is 32.0 Å². The Bertz CT molecular complexity index is 359. The zero-order valence-corrected chi connectivity index (χ0v) is 9.20. The summed E-state index contributed by atoms with van der Waals surface area (Å²) < 4.78 is 0. The Morgan fingerprint density at radius 1 is 1.36 bits per heavy atom. The van der Waals surface area contributed by atoms with Gasteiger partial charge in [-0.15, -0.1) is 0 Å². The van der Waals surface area contributed by atoms with Crippen LogP contribution in [0.25, 0.3) is 0 Å². The first-order valence-corrected chi connectivity index (χ1v) is 4.86. The Hall–Kier alpha value is -1.36. The molecular weight excluding hydrogens is 172 g/mol. The minimum Gasteiger partial charge on any atom is -0.256 e. The molecule has 0 radical (unpaired) electrons. The monoisotopic (exact) mass is 188 g/mol. The van der Waals surface area contributed by atoms with Crippen LogP contribution in [0.5, 0.6) is 0 Å². The van der Waals surface area contributed by atoms with Crippen LogP contribution in [-0.2, 0) is 5.41 Å². The second kappa shape index (κ2) is 3.79. The average Bonchev–Trinajstić information content (AvgIpc) is 2.18. The van der Waals surface area contributed by atoms with Gasteiger partial charge in [-0.05, 0) is 31.9 Å². The second-order valence-corrected chi connectivity index (χ2v) is 4.34. The molecule has 1 rings (SSSR count). The Labute approximate surface area is 85.6 Å². The first kappa shape index (κ1) is 10.7. The summed E-state index contributed by atoms with van der Waals surface area (Å²) in [4.78, 5) is 4.49. The van der Waals surface area contributed by atoms with Crippen molar-refractivity contribution in [1.82, 2.24) is 4.98 Å². The first-order chi connectivity index (χ1) is 6.47. The minimum atomic E-state index is -0.495. The van der Waals surface area contributed by atoms with Gasteiger partial charge in [-0.2, -0.15) is 5.26 Å². The third-order valence-electron chi connectivity index (χ3n) is 2.28. The standard InChI is InChI=1S/C12H16N2/c1-9(2)10-6-5-7-11(14-10)12(3,4)8-13/h5-7,9H,1-4H3. The molecule has 0 saturated carbocycles. The van der Waals surface area contributed by atoms with Gasteiger partial charge in [0.2, 0.25) is 0 Å². The lowest BCUT2D eigenvalue weighted by Gasteiger charge is -2.16. The highest BCUT2D eigenvalue weighted by Crippen LogP contribution is 2.21. The fourth-order valence-corrected chi connectivity index (χ4v) is 1.18. The lowest BCUT2D eigenvalue weighted by atomic mass is 9.90. The Balaban J connectivity index is 3.14. The van der Waals surface area contributed by atoms with Crippen molar-refractivity contribution in [2.75, 3.05) is 0 Å². The van der Waals surface area contributed by atoms with Crippen molar-refractivity contribution in [1.29, 1.82) is 5.26 Å². The number of pyridine rings is 1. The van der Waals surface area contributed by atoms with Gasteiger partial charge < -0.3 is 0 Å². The van der Waals surface area contributed by atoms with Crippen LogP contribution >= 0.6 is 0 Å². The zero-order chi connectivity index (χ0) is 10.8. The van der Waals surface area contributed by atoms with Gasteiger partial charge >= 0.3 is 0 Å². The third-order valence-corrected chi connectivity index (χ3v) is 2.28. The van der Waals surface area contributed by atoms with E-state index in [1.165, 1.54) is 0 Å². The van der Waals surface area contributed by atoms with Gasteiger partial charge in [-0.3, -0.25) is 4.98 Å². The zero-order valence-electron chi connectivity index (χ0n) is 9.20. The lowest BCUT2D eigenvalue weighted by Crippen LogP contribution is -2.16. The Morgan fingerprint density at radius 2 is 2.00 bits per heavy atom. The Morgan fingerprint density at radius 3 is 2.50 bits per heavy atom. The van der Waals surface area contributed by atoms with E-state index in [0.29, 0.717) is 5.92 Å². The molecule has 2 heteroatoms. The van der Waals surface area contributed by atoms with Crippen molar-refractivity contribution < 1.29 is 0 Å². The smallest absolute Gasteiger partial charge is 0.0937 e. The summed E-state index contributed by atoms with van der Waals surface area (Å²) in [6.45, 7) is 7.98. The number of nitriles is 1. The number of hydrogen-bond acceptors (Lipinski definition) is 2. The molecule has 0 unspecified atom stereocenters. The van der Waals surface area contributed by atoms with E-state index in [-0.39, 0.29) is 0 Å². The van der Waals surface area contributed by atoms with E-state index >= 15 is 0 Å². The van der Waals surface area contributed by atoms with Gasteiger partial charge in [0.15, 0.2) is 0 Å². The SMILES string of the molecule is CC(C)c1cccc(C(C)(C)C#N)n1. The largest absolute Gasteiger partial charge is 0.256 e. The molecule has 0 fully saturated rings. The van der Waals surface area contributed by atoms with Crippen LogP contribution in [-0.4, -0.2) is 4.98 Å². The van der Waals surface area contributed by atoms with Gasteiger partial charge in [-0.25, -0.2) is 0 Å². The molecule has 0 aliphatic rings. The molecule has 0 amide bonds. The summed E-state index contributed by atoms with van der Waals surface area (Å²) >= 11 is 0. The van der Waals surface area contributed by atoms with Crippen LogP contribution in [0.1, 0.15) is 45.0 Å². The van der Waals surface area contributed by atoms with Crippen molar-refractivity contribution in [2.24, 2.45) is 0 Å². The van der Waals surface area contributed by atoms with E-state index in [9.17, 15) is 0 Å². The Kier molecular flexibility index (Phi) is 2.90. The molecular formula is C12H16N2. The van der Waals surface area contributed by atoms with E-state index in [4.69, 9.17) is 5.26 Å². The predicted octanol–water partition coefficient (Wildman–Crippen LogP) is 3.01. The molecule has 0 aliphatic heterocycles. The highest BCUT2D eigenvalue weighted by Gasteiger charge is 2.21. The number of hydrogen-bond donors (Lipinski definition) is 0. The van der Waals surface area contributed by atoms with E-state index in [1.54, 1.807) is 0 Å². The molecule has 14 heavy (non-hydrogen) atoms. The van der Waals surface area contributed by atoms with Crippen molar-refractivity contribution in [3.63, 3.8) is 0 Å². The van der Waals surface area contributed by atoms with Gasteiger partial charge in [0.05, 0.1) is 17.2 Å². The maximum Gasteiger partial charge on any atom is 0.0937 e. The fraction of sp³-hybridized carbons (Fsp3) is 0.500. The van der Waals surface area contributed by atoms with Crippen LogP contribution in [0.3, 0.4) is 0 Å². The molecule has 0 bridgehead atoms. The molecule has 74 valence electrons. The number of aromatic nitrogens is 1. The number of rotatable bonds is 2. The van der Waals surface area contributed by atoms with Crippen LogP contribution in [0.2, 0.25) is 0 Å². The van der Waals surface area contributed by atoms with Gasteiger partial charge in [0, 0.05) is 5.69 Å². The topological polar surface area (TPSA) is 36.7 Å². The van der Waals surface area contributed by atoms with Crippen molar-refractivity contribution in [3.05, 3.63) is 29.6 Å². The highest BCUT2D eigenvalue weighted by molar-refractivity contribution is 5.25. The average molecular weight is 188 g/mol. The summed E-state index contributed by atoms with van der Waals surface area (Å²) in [7, 11) is 0. The summed E-state index contributed by atoms with van der Waals surface area (Å²) in [5, 5.41) is 8.99. The molecule has 2 nitrogen and oxygen atoms in total. The van der Waals surface area contributed by atoms with Crippen molar-refractivity contribution in [2.45, 2.75) is 39.0 Å². The predicted molar refractivity (Wildman–Crippen MR) is 57.0 cm³/mol. The lowest BCUT2D eigenvalue weighted by molar-refractivity contribution is 0.647. The quantitative estimate of drug-likeness (QED) is 0.715. The van der Waals surface area contributed by atoms with Crippen LogP contribution in [0.15, 0.2) is 18.2 Å². The summed E-state index contributed by atoms with van der Waals surface area (Å²) in [5.41, 5.74) is 1.40. The third kappa shape index (κ3) is 2.11. The van der Waals surface area contributed by atoms with E-state index in [0.717, 1.165) is 11.4 Å². The number of nitrogens with zero attached hydrogens (tertiary/aromatic N) is 2. The summed E-state index contributed by atoms with van der Waals surface area (Å²) in [5.74, 6) is 0.407. The molecule has 0 atom stereocenters. The van der Waals surface area contributed by atoms with Gasteiger partial charge in [0.1, 0.15) is 0 Å². The molecule has 1 aromatic rings. The molecule has 0 saturated heterocycles. The highest BCUT2D eigenvalue weighted by atomic mass is 14.7. The van der Waals surface area contributed by atoms with Crippen molar-refractivity contribution in [3.8, 4) is 6.07 Å². The molecule has 1 heterocycles. The van der Waals surface area contributed by atoms with Gasteiger partial charge in [0.25, 0.3) is 0 Å². The van der Waals surface area contributed by atoms with E-state index in [2.05, 4.69) is 24.9 Å². The maximum atomic E-state index is 8.99. The van der Waals surface area contributed by atoms with Crippen LogP contribution in [0, 0.1) is 11.3 Å². The minimum absolute atomic E-state index is 0.407. The van der Waals surface area contributed by atoms with Gasteiger partial charge in [-0.1, -0.05) is 19.9 Å². The summed E-state index contributed by atoms with van der Waals surface area (Å²) in [6.07, 6.45) is 0. The fourth-order valence-electron chi connectivity index (χ4n) is 1.18.